The van der Waals surface area contributed by atoms with Crippen LogP contribution in [0.2, 0.25) is 0 Å². The summed E-state index contributed by atoms with van der Waals surface area (Å²) in [7, 11) is -3.49. The summed E-state index contributed by atoms with van der Waals surface area (Å²) in [5.74, 6) is 0.219. The number of rotatable bonds is 4. The van der Waals surface area contributed by atoms with Gasteiger partial charge in [-0.15, -0.1) is 22.9 Å². The van der Waals surface area contributed by atoms with Gasteiger partial charge in [-0.1, -0.05) is 0 Å². The Kier molecular flexibility index (Phi) is 4.46. The zero-order valence-electron chi connectivity index (χ0n) is 9.17. The second kappa shape index (κ2) is 4.94. The van der Waals surface area contributed by atoms with Crippen LogP contribution in [0.15, 0.2) is 14.7 Å². The third kappa shape index (κ3) is 3.43. The number of halogens is 2. The first kappa shape index (κ1) is 14.4. The fourth-order valence-corrected chi connectivity index (χ4v) is 5.12. The van der Waals surface area contributed by atoms with Crippen molar-refractivity contribution in [2.45, 2.75) is 31.2 Å². The Balaban J connectivity index is 3.09. The number of hydrogen-bond donors (Lipinski definition) is 1. The van der Waals surface area contributed by atoms with Gasteiger partial charge in [0, 0.05) is 16.3 Å². The van der Waals surface area contributed by atoms with Crippen molar-refractivity contribution in [3.8, 4) is 0 Å². The second-order valence-electron chi connectivity index (χ2n) is 4.09. The standard InChI is InChI=1S/C9H13BrClNO2S2/c1-6-7(4-8(10)15-6)16(13,14)12-9(2,3)5-11/h4,12H,5H2,1-3H3. The van der Waals surface area contributed by atoms with Gasteiger partial charge in [-0.2, -0.15) is 0 Å². The van der Waals surface area contributed by atoms with Gasteiger partial charge in [0.25, 0.3) is 0 Å². The zero-order chi connectivity index (χ0) is 12.6. The van der Waals surface area contributed by atoms with Gasteiger partial charge >= 0.3 is 0 Å². The second-order valence-corrected chi connectivity index (χ2v) is 8.65. The maximum atomic E-state index is 12.1. The molecule has 0 unspecified atom stereocenters. The summed E-state index contributed by atoms with van der Waals surface area (Å²) < 4.78 is 27.5. The molecule has 3 nitrogen and oxygen atoms in total. The van der Waals surface area contributed by atoms with Crippen LogP contribution in [-0.2, 0) is 10.0 Å². The van der Waals surface area contributed by atoms with E-state index in [9.17, 15) is 8.42 Å². The number of alkyl halides is 1. The highest BCUT2D eigenvalue weighted by atomic mass is 79.9. The van der Waals surface area contributed by atoms with Gasteiger partial charge in [-0.3, -0.25) is 0 Å². The van der Waals surface area contributed by atoms with Crippen molar-refractivity contribution in [2.75, 3.05) is 5.88 Å². The maximum Gasteiger partial charge on any atom is 0.242 e. The average molecular weight is 347 g/mol. The third-order valence-corrected chi connectivity index (χ3v) is 6.05. The van der Waals surface area contributed by atoms with E-state index in [2.05, 4.69) is 20.7 Å². The van der Waals surface area contributed by atoms with Crippen LogP contribution < -0.4 is 4.72 Å². The molecule has 16 heavy (non-hydrogen) atoms. The van der Waals surface area contributed by atoms with Crippen LogP contribution in [0.4, 0.5) is 0 Å². The van der Waals surface area contributed by atoms with Crippen molar-refractivity contribution in [3.05, 3.63) is 14.7 Å². The molecule has 0 saturated carbocycles. The highest BCUT2D eigenvalue weighted by molar-refractivity contribution is 9.11. The summed E-state index contributed by atoms with van der Waals surface area (Å²) in [6.45, 7) is 5.26. The minimum atomic E-state index is -3.49. The molecule has 0 spiro atoms. The van der Waals surface area contributed by atoms with Crippen LogP contribution >= 0.6 is 38.9 Å². The van der Waals surface area contributed by atoms with E-state index in [1.54, 1.807) is 26.8 Å². The van der Waals surface area contributed by atoms with Gasteiger partial charge in [-0.25, -0.2) is 13.1 Å². The maximum absolute atomic E-state index is 12.1. The Labute approximate surface area is 113 Å². The summed E-state index contributed by atoms with van der Waals surface area (Å²) >= 11 is 10.4. The van der Waals surface area contributed by atoms with Gasteiger partial charge in [-0.05, 0) is 42.8 Å². The molecule has 0 aliphatic carbocycles. The molecule has 1 heterocycles. The summed E-state index contributed by atoms with van der Waals surface area (Å²) in [5.41, 5.74) is -0.652. The quantitative estimate of drug-likeness (QED) is 0.851. The molecule has 92 valence electrons. The van der Waals surface area contributed by atoms with Crippen molar-refractivity contribution in [1.29, 1.82) is 0 Å². The molecule has 0 radical (unpaired) electrons. The molecular formula is C9H13BrClNO2S2. The van der Waals surface area contributed by atoms with E-state index in [1.165, 1.54) is 11.3 Å². The monoisotopic (exact) mass is 345 g/mol. The van der Waals surface area contributed by atoms with Crippen LogP contribution in [0.25, 0.3) is 0 Å². The van der Waals surface area contributed by atoms with Gasteiger partial charge in [0.15, 0.2) is 0 Å². The minimum Gasteiger partial charge on any atom is -0.207 e. The Hall–Kier alpha value is 0.380. The number of hydrogen-bond acceptors (Lipinski definition) is 3. The number of thiophene rings is 1. The predicted molar refractivity (Wildman–Crippen MR) is 71.9 cm³/mol. The van der Waals surface area contributed by atoms with Crippen molar-refractivity contribution in [3.63, 3.8) is 0 Å². The molecule has 1 aromatic heterocycles. The summed E-state index contributed by atoms with van der Waals surface area (Å²) in [6.07, 6.45) is 0. The van der Waals surface area contributed by atoms with E-state index in [0.717, 1.165) is 8.66 Å². The molecule has 1 aromatic rings. The highest BCUT2D eigenvalue weighted by Gasteiger charge is 2.27. The Morgan fingerprint density at radius 3 is 2.50 bits per heavy atom. The van der Waals surface area contributed by atoms with Crippen molar-refractivity contribution in [2.24, 2.45) is 0 Å². The predicted octanol–water partition coefficient (Wildman–Crippen LogP) is 3.11. The lowest BCUT2D eigenvalue weighted by molar-refractivity contribution is 0.496. The lowest BCUT2D eigenvalue weighted by Gasteiger charge is -2.22. The lowest BCUT2D eigenvalue weighted by Crippen LogP contribution is -2.44. The van der Waals surface area contributed by atoms with Crippen LogP contribution in [0, 0.1) is 6.92 Å². The minimum absolute atomic E-state index is 0.219. The summed E-state index contributed by atoms with van der Waals surface area (Å²) in [6, 6.07) is 1.60. The van der Waals surface area contributed by atoms with E-state index < -0.39 is 15.6 Å². The van der Waals surface area contributed by atoms with E-state index >= 15 is 0 Å². The molecule has 0 aromatic carbocycles. The molecule has 0 fully saturated rings. The van der Waals surface area contributed by atoms with Gasteiger partial charge < -0.3 is 0 Å². The summed E-state index contributed by atoms with van der Waals surface area (Å²) in [5, 5.41) is 0. The first-order valence-corrected chi connectivity index (χ1v) is 8.16. The summed E-state index contributed by atoms with van der Waals surface area (Å²) in [4.78, 5) is 1.06. The van der Waals surface area contributed by atoms with E-state index in [4.69, 9.17) is 11.6 Å². The first-order valence-electron chi connectivity index (χ1n) is 4.54. The van der Waals surface area contributed by atoms with Gasteiger partial charge in [0.2, 0.25) is 10.0 Å². The lowest BCUT2D eigenvalue weighted by atomic mass is 10.1. The largest absolute Gasteiger partial charge is 0.242 e. The topological polar surface area (TPSA) is 46.2 Å². The molecule has 0 atom stereocenters. The molecule has 0 aliphatic rings. The SMILES string of the molecule is Cc1sc(Br)cc1S(=O)(=O)NC(C)(C)CCl. The molecule has 0 bridgehead atoms. The molecule has 1 rings (SSSR count). The molecule has 0 saturated heterocycles. The first-order chi connectivity index (χ1) is 7.18. The van der Waals surface area contributed by atoms with Gasteiger partial charge in [0.05, 0.1) is 8.68 Å². The van der Waals surface area contributed by atoms with Crippen LogP contribution in [0.3, 0.4) is 0 Å². The Morgan fingerprint density at radius 1 is 1.56 bits per heavy atom. The fraction of sp³-hybridized carbons (Fsp3) is 0.556. The Bertz CT molecular complexity index is 482. The Morgan fingerprint density at radius 2 is 2.12 bits per heavy atom. The van der Waals surface area contributed by atoms with Crippen molar-refractivity contribution < 1.29 is 8.42 Å². The van der Waals surface area contributed by atoms with E-state index in [1.807, 2.05) is 0 Å². The third-order valence-electron chi connectivity index (χ3n) is 1.88. The van der Waals surface area contributed by atoms with Crippen molar-refractivity contribution >= 4 is 48.9 Å². The normalized spacial score (nSPS) is 13.1. The van der Waals surface area contributed by atoms with Crippen LogP contribution in [0.5, 0.6) is 0 Å². The number of sulfonamides is 1. The zero-order valence-corrected chi connectivity index (χ0v) is 13.1. The molecule has 0 aliphatic heterocycles. The van der Waals surface area contributed by atoms with Gasteiger partial charge in [0.1, 0.15) is 0 Å². The fourth-order valence-electron chi connectivity index (χ4n) is 1.14. The van der Waals surface area contributed by atoms with Crippen LogP contribution in [-0.4, -0.2) is 19.8 Å². The molecular weight excluding hydrogens is 334 g/mol. The van der Waals surface area contributed by atoms with Crippen LogP contribution in [0.1, 0.15) is 18.7 Å². The number of aryl methyl sites for hydroxylation is 1. The smallest absolute Gasteiger partial charge is 0.207 e. The van der Waals surface area contributed by atoms with Crippen molar-refractivity contribution in [1.82, 2.24) is 4.72 Å². The highest BCUT2D eigenvalue weighted by Crippen LogP contribution is 2.30. The molecule has 0 amide bonds. The molecule has 7 heteroatoms. The van der Waals surface area contributed by atoms with E-state index in [-0.39, 0.29) is 5.88 Å². The number of nitrogens with one attached hydrogen (secondary N) is 1. The average Bonchev–Trinajstić information content (AvgIpc) is 2.44. The van der Waals surface area contributed by atoms with E-state index in [0.29, 0.717) is 4.90 Å². The molecule has 1 N–H and O–H groups in total.